The summed E-state index contributed by atoms with van der Waals surface area (Å²) in [6, 6.07) is -0.765. The fourth-order valence-electron chi connectivity index (χ4n) is 0.772. The van der Waals surface area contributed by atoms with Crippen molar-refractivity contribution in [1.82, 2.24) is 11.5 Å². The highest BCUT2D eigenvalue weighted by Crippen LogP contribution is 2.02. The maximum absolute atomic E-state index is 10.6. The monoisotopic (exact) mass is 211 g/mol. The third kappa shape index (κ3) is 7.69. The van der Waals surface area contributed by atoms with Crippen LogP contribution in [0, 0.1) is 0 Å². The molecular weight excluding hydrogens is 194 g/mol. The van der Waals surface area contributed by atoms with Crippen molar-refractivity contribution in [2.45, 2.75) is 31.6 Å². The quantitative estimate of drug-likeness (QED) is 0.495. The van der Waals surface area contributed by atoms with Crippen LogP contribution < -0.4 is 17.2 Å². The third-order valence-electron chi connectivity index (χ3n) is 1.37. The molecule has 0 heterocycles. The van der Waals surface area contributed by atoms with Crippen molar-refractivity contribution in [3.8, 4) is 0 Å². The fourth-order valence-corrected chi connectivity index (χ4v) is 1.36. The standard InChI is InChI=1S/C6H14N2O3S.H3N/c1-2-3-4-5(12(10)11)8-6(7)9;/h5H,2-4H2,1H3,(H,10,11)(H3,7,8,9);1H3. The van der Waals surface area contributed by atoms with Crippen LogP contribution in [0.2, 0.25) is 0 Å². The molecule has 0 rings (SSSR count). The summed E-state index contributed by atoms with van der Waals surface area (Å²) in [6.45, 7) is 1.96. The van der Waals surface area contributed by atoms with Crippen LogP contribution in [0.3, 0.4) is 0 Å². The van der Waals surface area contributed by atoms with Gasteiger partial charge in [-0.1, -0.05) is 19.8 Å². The SMILES string of the molecule is CCCCC(NC(N)=O)S(=O)O.N. The van der Waals surface area contributed by atoms with Crippen LogP contribution in [0.5, 0.6) is 0 Å². The van der Waals surface area contributed by atoms with Crippen LogP contribution in [-0.4, -0.2) is 20.2 Å². The maximum Gasteiger partial charge on any atom is 0.313 e. The Kier molecular flexibility index (Phi) is 9.09. The van der Waals surface area contributed by atoms with Gasteiger partial charge < -0.3 is 21.8 Å². The summed E-state index contributed by atoms with van der Waals surface area (Å²) < 4.78 is 19.3. The Labute approximate surface area is 80.1 Å². The summed E-state index contributed by atoms with van der Waals surface area (Å²) in [5.74, 6) is 0. The zero-order valence-corrected chi connectivity index (χ0v) is 8.47. The predicted octanol–water partition coefficient (Wildman–Crippen LogP) is 0.555. The number of hydrogen-bond acceptors (Lipinski definition) is 3. The molecule has 0 aromatic rings. The van der Waals surface area contributed by atoms with E-state index in [1.165, 1.54) is 0 Å². The van der Waals surface area contributed by atoms with Crippen molar-refractivity contribution in [2.75, 3.05) is 0 Å². The lowest BCUT2D eigenvalue weighted by Gasteiger charge is -2.12. The molecule has 0 aromatic heterocycles. The maximum atomic E-state index is 10.6. The normalized spacial score (nSPS) is 14.0. The highest BCUT2D eigenvalue weighted by molar-refractivity contribution is 7.79. The highest BCUT2D eigenvalue weighted by atomic mass is 32.2. The molecule has 2 atom stereocenters. The molecule has 2 unspecified atom stereocenters. The first-order valence-corrected chi connectivity index (χ1v) is 4.90. The number of urea groups is 1. The van der Waals surface area contributed by atoms with Crippen LogP contribution in [0.15, 0.2) is 0 Å². The van der Waals surface area contributed by atoms with E-state index in [0.29, 0.717) is 6.42 Å². The Morgan fingerprint density at radius 2 is 2.23 bits per heavy atom. The number of rotatable bonds is 5. The second-order valence-electron chi connectivity index (χ2n) is 2.42. The molecular formula is C6H17N3O3S. The van der Waals surface area contributed by atoms with Crippen LogP contribution in [-0.2, 0) is 11.1 Å². The van der Waals surface area contributed by atoms with Crippen LogP contribution in [0.1, 0.15) is 26.2 Å². The molecule has 0 aromatic carbocycles. The molecule has 0 fully saturated rings. The van der Waals surface area contributed by atoms with E-state index >= 15 is 0 Å². The summed E-state index contributed by atoms with van der Waals surface area (Å²) in [4.78, 5) is 10.3. The van der Waals surface area contributed by atoms with Crippen molar-refractivity contribution >= 4 is 17.1 Å². The molecule has 13 heavy (non-hydrogen) atoms. The molecule has 0 spiro atoms. The molecule has 2 amide bonds. The van der Waals surface area contributed by atoms with Gasteiger partial charge in [0.25, 0.3) is 0 Å². The molecule has 0 aliphatic heterocycles. The minimum atomic E-state index is -2.04. The van der Waals surface area contributed by atoms with Crippen molar-refractivity contribution in [2.24, 2.45) is 5.73 Å². The van der Waals surface area contributed by atoms with Crippen molar-refractivity contribution in [3.63, 3.8) is 0 Å². The van der Waals surface area contributed by atoms with Gasteiger partial charge in [-0.3, -0.25) is 0 Å². The topological polar surface area (TPSA) is 127 Å². The lowest BCUT2D eigenvalue weighted by atomic mass is 10.2. The summed E-state index contributed by atoms with van der Waals surface area (Å²) in [7, 11) is 0. The zero-order chi connectivity index (χ0) is 9.56. The molecule has 7 heteroatoms. The minimum Gasteiger partial charge on any atom is -0.352 e. The fraction of sp³-hybridized carbons (Fsp3) is 0.833. The van der Waals surface area contributed by atoms with Gasteiger partial charge in [-0.2, -0.15) is 0 Å². The van der Waals surface area contributed by atoms with Gasteiger partial charge in [-0.15, -0.1) is 0 Å². The first-order chi connectivity index (χ1) is 5.57. The number of primary amides is 1. The lowest BCUT2D eigenvalue weighted by molar-refractivity contribution is 0.247. The number of carbonyl (C=O) groups is 1. The van der Waals surface area contributed by atoms with Gasteiger partial charge in [-0.05, 0) is 6.42 Å². The average Bonchev–Trinajstić information content (AvgIpc) is 1.96. The molecule has 7 N–H and O–H groups in total. The van der Waals surface area contributed by atoms with Crippen molar-refractivity contribution in [1.29, 1.82) is 0 Å². The molecule has 0 aliphatic rings. The summed E-state index contributed by atoms with van der Waals surface area (Å²) in [5, 5.41) is 1.47. The Morgan fingerprint density at radius 1 is 1.69 bits per heavy atom. The van der Waals surface area contributed by atoms with Crippen LogP contribution in [0.4, 0.5) is 4.79 Å². The molecule has 0 aliphatic carbocycles. The summed E-state index contributed by atoms with van der Waals surface area (Å²) >= 11 is -2.04. The summed E-state index contributed by atoms with van der Waals surface area (Å²) in [5.41, 5.74) is 4.81. The molecule has 80 valence electrons. The molecule has 0 bridgehead atoms. The van der Waals surface area contributed by atoms with Gasteiger partial charge in [0.1, 0.15) is 5.37 Å². The van der Waals surface area contributed by atoms with Crippen molar-refractivity contribution < 1.29 is 13.6 Å². The number of hydrogen-bond donors (Lipinski definition) is 4. The first kappa shape index (κ1) is 14.8. The van der Waals surface area contributed by atoms with Gasteiger partial charge in [-0.25, -0.2) is 9.00 Å². The highest BCUT2D eigenvalue weighted by Gasteiger charge is 2.14. The Hall–Kier alpha value is -0.660. The first-order valence-electron chi connectivity index (χ1n) is 3.73. The van der Waals surface area contributed by atoms with E-state index < -0.39 is 22.5 Å². The predicted molar refractivity (Wildman–Crippen MR) is 51.8 cm³/mol. The van der Waals surface area contributed by atoms with E-state index in [4.69, 9.17) is 10.3 Å². The largest absolute Gasteiger partial charge is 0.352 e. The van der Waals surface area contributed by atoms with Gasteiger partial charge in [0, 0.05) is 0 Å². The van der Waals surface area contributed by atoms with Crippen molar-refractivity contribution in [3.05, 3.63) is 0 Å². The second-order valence-corrected chi connectivity index (χ2v) is 3.54. The second kappa shape index (κ2) is 7.96. The van der Waals surface area contributed by atoms with E-state index in [0.717, 1.165) is 12.8 Å². The van der Waals surface area contributed by atoms with Gasteiger partial charge in [0.2, 0.25) is 0 Å². The van der Waals surface area contributed by atoms with E-state index in [1.807, 2.05) is 6.92 Å². The Balaban J connectivity index is 0. The van der Waals surface area contributed by atoms with E-state index in [9.17, 15) is 9.00 Å². The van der Waals surface area contributed by atoms with E-state index in [2.05, 4.69) is 5.32 Å². The molecule has 0 saturated carbocycles. The Morgan fingerprint density at radius 3 is 2.54 bits per heavy atom. The van der Waals surface area contributed by atoms with Crippen LogP contribution >= 0.6 is 0 Å². The third-order valence-corrected chi connectivity index (χ3v) is 2.21. The molecule has 6 nitrogen and oxygen atoms in total. The number of carbonyl (C=O) groups excluding carboxylic acids is 1. The lowest BCUT2D eigenvalue weighted by Crippen LogP contribution is -2.41. The number of nitrogens with two attached hydrogens (primary N) is 1. The van der Waals surface area contributed by atoms with Gasteiger partial charge in [0.05, 0.1) is 0 Å². The van der Waals surface area contributed by atoms with Gasteiger partial charge in [0.15, 0.2) is 11.1 Å². The van der Waals surface area contributed by atoms with Crippen LogP contribution in [0.25, 0.3) is 0 Å². The zero-order valence-electron chi connectivity index (χ0n) is 7.66. The van der Waals surface area contributed by atoms with E-state index in [1.54, 1.807) is 0 Å². The number of nitrogens with one attached hydrogen (secondary N) is 1. The average molecular weight is 211 g/mol. The molecule has 0 radical (unpaired) electrons. The summed E-state index contributed by atoms with van der Waals surface area (Å²) in [6.07, 6.45) is 2.17. The van der Waals surface area contributed by atoms with E-state index in [-0.39, 0.29) is 6.15 Å². The number of unbranched alkanes of at least 4 members (excludes halogenated alkanes) is 1. The minimum absolute atomic E-state index is 0. The van der Waals surface area contributed by atoms with Gasteiger partial charge >= 0.3 is 6.03 Å². The smallest absolute Gasteiger partial charge is 0.313 e. The Bertz CT molecular complexity index is 177. The molecule has 0 saturated heterocycles. The number of amides is 2.